The van der Waals surface area contributed by atoms with E-state index in [1.807, 2.05) is 0 Å². The maximum Gasteiger partial charge on any atom is 0.333 e. The van der Waals surface area contributed by atoms with Crippen molar-refractivity contribution >= 4 is 32.2 Å². The number of carbonyl (C=O) groups is 2. The van der Waals surface area contributed by atoms with Crippen molar-refractivity contribution in [2.24, 2.45) is 0 Å². The number of hydrogen-bond acceptors (Lipinski definition) is 12. The van der Waals surface area contributed by atoms with Gasteiger partial charge in [0.1, 0.15) is 23.9 Å². The van der Waals surface area contributed by atoms with Crippen LogP contribution in [0.3, 0.4) is 0 Å². The second-order valence-corrected chi connectivity index (χ2v) is 12.8. The lowest BCUT2D eigenvalue weighted by atomic mass is 9.84. The Labute approximate surface area is 196 Å². The van der Waals surface area contributed by atoms with Crippen LogP contribution in [0.4, 0.5) is 0 Å². The predicted octanol–water partition coefficient (Wildman–Crippen LogP) is -0.515. The molecule has 0 spiro atoms. The molecular weight excluding hydrogens is 496 g/mol. The summed E-state index contributed by atoms with van der Waals surface area (Å²) in [6, 6.07) is 0. The molecular formula is C20H24O12S2. The Hall–Kier alpha value is -1.84. The number of ether oxygens (including phenoxy) is 4. The van der Waals surface area contributed by atoms with Crippen molar-refractivity contribution < 1.29 is 53.7 Å². The third-order valence-corrected chi connectivity index (χ3v) is 10.5. The Bertz CT molecular complexity index is 1170. The van der Waals surface area contributed by atoms with Gasteiger partial charge in [-0.1, -0.05) is 13.2 Å². The molecule has 34 heavy (non-hydrogen) atoms. The van der Waals surface area contributed by atoms with Gasteiger partial charge in [0.25, 0.3) is 20.2 Å². The minimum Gasteiger partial charge on any atom is -0.455 e. The van der Waals surface area contributed by atoms with Crippen LogP contribution in [-0.2, 0) is 57.1 Å². The first-order chi connectivity index (χ1) is 15.8. The lowest BCUT2D eigenvalue weighted by molar-refractivity contribution is -0.146. The fraction of sp³-hybridized carbons (Fsp3) is 0.700. The Morgan fingerprint density at radius 1 is 1.00 bits per heavy atom. The van der Waals surface area contributed by atoms with E-state index in [4.69, 9.17) is 27.3 Å². The van der Waals surface area contributed by atoms with E-state index in [0.29, 0.717) is 12.8 Å². The SMILES string of the molecule is C=C(C)C(=O)OC1C2CC3OS(=O)(=O)C1C3O2.C=CC(=O)OC1C2CC3(C)OS(=O)(=O)C1C3O2. The topological polar surface area (TPSA) is 158 Å². The molecule has 0 aromatic carbocycles. The number of esters is 2. The highest BCUT2D eigenvalue weighted by molar-refractivity contribution is 7.88. The molecule has 14 heteroatoms. The van der Waals surface area contributed by atoms with Gasteiger partial charge in [-0.05, 0) is 13.8 Å². The van der Waals surface area contributed by atoms with Crippen molar-refractivity contribution in [1.82, 2.24) is 0 Å². The average molecular weight is 521 g/mol. The van der Waals surface area contributed by atoms with Gasteiger partial charge in [0.15, 0.2) is 22.7 Å². The third-order valence-electron chi connectivity index (χ3n) is 6.94. The van der Waals surface area contributed by atoms with Crippen molar-refractivity contribution in [3.63, 3.8) is 0 Å². The molecule has 0 amide bonds. The zero-order valence-corrected chi connectivity index (χ0v) is 20.0. The van der Waals surface area contributed by atoms with Crippen LogP contribution in [0.2, 0.25) is 0 Å². The fourth-order valence-electron chi connectivity index (χ4n) is 5.57. The summed E-state index contributed by atoms with van der Waals surface area (Å²) in [4.78, 5) is 22.6. The van der Waals surface area contributed by atoms with Gasteiger partial charge in [0.05, 0.1) is 12.2 Å². The third kappa shape index (κ3) is 3.45. The highest BCUT2D eigenvalue weighted by atomic mass is 32.2. The van der Waals surface area contributed by atoms with Crippen molar-refractivity contribution in [3.8, 4) is 0 Å². The van der Waals surface area contributed by atoms with Gasteiger partial charge in [0.2, 0.25) is 0 Å². The van der Waals surface area contributed by atoms with Gasteiger partial charge in [-0.25, -0.2) is 9.59 Å². The van der Waals surface area contributed by atoms with Crippen molar-refractivity contribution in [2.45, 2.75) is 85.5 Å². The predicted molar refractivity (Wildman–Crippen MR) is 111 cm³/mol. The molecule has 0 radical (unpaired) electrons. The summed E-state index contributed by atoms with van der Waals surface area (Å²) >= 11 is 0. The maximum atomic E-state index is 11.8. The summed E-state index contributed by atoms with van der Waals surface area (Å²) in [5.41, 5.74) is -0.564. The molecule has 188 valence electrons. The van der Waals surface area contributed by atoms with E-state index >= 15 is 0 Å². The molecule has 6 aliphatic rings. The molecule has 6 heterocycles. The summed E-state index contributed by atoms with van der Waals surface area (Å²) in [6.07, 6.45) is -1.90. The molecule has 0 saturated carbocycles. The summed E-state index contributed by atoms with van der Waals surface area (Å²) in [5, 5.41) is -1.79. The van der Waals surface area contributed by atoms with Gasteiger partial charge in [0, 0.05) is 24.5 Å². The van der Waals surface area contributed by atoms with E-state index in [1.54, 1.807) is 6.92 Å². The second kappa shape index (κ2) is 7.58. The number of carbonyl (C=O) groups excluding carboxylic acids is 2. The summed E-state index contributed by atoms with van der Waals surface area (Å²) in [7, 11) is -7.41. The van der Waals surface area contributed by atoms with Crippen LogP contribution in [0.5, 0.6) is 0 Å². The Balaban J connectivity index is 0.000000142. The second-order valence-electron chi connectivity index (χ2n) is 9.38. The average Bonchev–Trinajstić information content (AvgIpc) is 3.48. The van der Waals surface area contributed by atoms with Crippen molar-refractivity contribution in [2.75, 3.05) is 0 Å². The van der Waals surface area contributed by atoms with E-state index in [9.17, 15) is 26.4 Å². The molecule has 0 N–H and O–H groups in total. The molecule has 6 aliphatic heterocycles. The van der Waals surface area contributed by atoms with Crippen LogP contribution < -0.4 is 0 Å². The van der Waals surface area contributed by atoms with E-state index in [0.717, 1.165) is 6.08 Å². The molecule has 0 aromatic heterocycles. The molecule has 0 aliphatic carbocycles. The molecule has 6 rings (SSSR count). The van der Waals surface area contributed by atoms with Gasteiger partial charge in [-0.15, -0.1) is 0 Å². The highest BCUT2D eigenvalue weighted by Crippen LogP contribution is 2.54. The fourth-order valence-corrected chi connectivity index (χ4v) is 9.38. The molecule has 12 nitrogen and oxygen atoms in total. The summed E-state index contributed by atoms with van der Waals surface area (Å²) in [5.74, 6) is -1.24. The van der Waals surface area contributed by atoms with Gasteiger partial charge in [-0.3, -0.25) is 8.37 Å². The first kappa shape index (κ1) is 23.9. The molecule has 10 atom stereocenters. The molecule has 6 saturated heterocycles. The van der Waals surface area contributed by atoms with Crippen LogP contribution >= 0.6 is 0 Å². The van der Waals surface area contributed by atoms with Gasteiger partial charge >= 0.3 is 11.9 Å². The Kier molecular flexibility index (Phi) is 5.32. The zero-order chi connectivity index (χ0) is 24.8. The van der Waals surface area contributed by atoms with Crippen molar-refractivity contribution in [1.29, 1.82) is 0 Å². The lowest BCUT2D eigenvalue weighted by Crippen LogP contribution is -2.46. The molecule has 0 aromatic rings. The lowest BCUT2D eigenvalue weighted by Gasteiger charge is -2.25. The normalized spacial score (nSPS) is 47.1. The molecule has 10 unspecified atom stereocenters. The molecule has 4 bridgehead atoms. The molecule has 6 fully saturated rings. The maximum absolute atomic E-state index is 11.8. The van der Waals surface area contributed by atoms with E-state index in [-0.39, 0.29) is 11.7 Å². The van der Waals surface area contributed by atoms with Gasteiger partial charge < -0.3 is 18.9 Å². The largest absolute Gasteiger partial charge is 0.455 e. The smallest absolute Gasteiger partial charge is 0.333 e. The number of rotatable bonds is 4. The van der Waals surface area contributed by atoms with Crippen LogP contribution in [0.1, 0.15) is 26.7 Å². The van der Waals surface area contributed by atoms with Crippen LogP contribution in [0, 0.1) is 0 Å². The first-order valence-corrected chi connectivity index (χ1v) is 13.6. The highest BCUT2D eigenvalue weighted by Gasteiger charge is 2.73. The van der Waals surface area contributed by atoms with Crippen LogP contribution in [-0.4, -0.2) is 87.6 Å². The van der Waals surface area contributed by atoms with Crippen LogP contribution in [0.15, 0.2) is 24.8 Å². The van der Waals surface area contributed by atoms with Crippen LogP contribution in [0.25, 0.3) is 0 Å². The summed E-state index contributed by atoms with van der Waals surface area (Å²) in [6.45, 7) is 9.96. The number of hydrogen-bond donors (Lipinski definition) is 0. The number of fused-ring (bicyclic) bond motifs is 2. The van der Waals surface area contributed by atoms with E-state index in [1.165, 1.54) is 6.92 Å². The van der Waals surface area contributed by atoms with E-state index in [2.05, 4.69) is 13.2 Å². The minimum absolute atomic E-state index is 0.237. The quantitative estimate of drug-likeness (QED) is 0.266. The first-order valence-electron chi connectivity index (χ1n) is 10.6. The van der Waals surface area contributed by atoms with Gasteiger partial charge in [-0.2, -0.15) is 16.8 Å². The minimum atomic E-state index is -3.73. The zero-order valence-electron chi connectivity index (χ0n) is 18.3. The monoisotopic (exact) mass is 520 g/mol. The summed E-state index contributed by atoms with van der Waals surface area (Å²) < 4.78 is 78.4. The van der Waals surface area contributed by atoms with Crippen molar-refractivity contribution in [3.05, 3.63) is 24.8 Å². The Morgan fingerprint density at radius 2 is 1.68 bits per heavy atom. The standard InChI is InChI=1S/2C10H12O6S/c1-4(2)10(11)15-7-5-3-6-8(14-5)9(7)17(12,13)16-6;1-3-6(11)15-7-5-4-10(2)9(14-5)8(7)17(12,13)16-10/h5-9H,1,3H2,2H3;3,5,7-9H,1,4H2,2H3. The Morgan fingerprint density at radius 3 is 2.32 bits per heavy atom. The van der Waals surface area contributed by atoms with E-state index < -0.39 is 84.9 Å².